The normalized spacial score (nSPS) is 17.2. The Labute approximate surface area is 71.5 Å². The van der Waals surface area contributed by atoms with Crippen LogP contribution in [-0.2, 0) is 5.41 Å². The molecule has 12 heavy (non-hydrogen) atoms. The fourth-order valence-electron chi connectivity index (χ4n) is 1.87. The molecule has 1 aliphatic carbocycles. The molecule has 0 heterocycles. The van der Waals surface area contributed by atoms with Crippen LogP contribution in [0.15, 0.2) is 6.07 Å². The van der Waals surface area contributed by atoms with Gasteiger partial charge in [-0.05, 0) is 18.6 Å². The highest BCUT2D eigenvalue weighted by Crippen LogP contribution is 2.59. The van der Waals surface area contributed by atoms with Gasteiger partial charge in [-0.3, -0.25) is 0 Å². The number of aryl methyl sites for hydroxylation is 1. The molecule has 2 nitrogen and oxygen atoms in total. The summed E-state index contributed by atoms with van der Waals surface area (Å²) in [7, 11) is 0. The molecule has 0 aromatic heterocycles. The van der Waals surface area contributed by atoms with Crippen LogP contribution in [-0.4, -0.2) is 10.2 Å². The van der Waals surface area contributed by atoms with Crippen LogP contribution in [0.2, 0.25) is 0 Å². The summed E-state index contributed by atoms with van der Waals surface area (Å²) >= 11 is 0. The van der Waals surface area contributed by atoms with Crippen LogP contribution in [0.4, 0.5) is 0 Å². The van der Waals surface area contributed by atoms with Gasteiger partial charge in [-0.1, -0.05) is 13.8 Å². The Balaban J connectivity index is 2.72. The van der Waals surface area contributed by atoms with Crippen LogP contribution in [0.3, 0.4) is 0 Å². The highest BCUT2D eigenvalue weighted by atomic mass is 16.3. The van der Waals surface area contributed by atoms with Gasteiger partial charge in [-0.25, -0.2) is 0 Å². The molecule has 1 aromatic rings. The molecule has 0 amide bonds. The van der Waals surface area contributed by atoms with E-state index in [1.165, 1.54) is 0 Å². The van der Waals surface area contributed by atoms with Gasteiger partial charge in [0.15, 0.2) is 0 Å². The number of hydrogen-bond donors (Lipinski definition) is 2. The first-order chi connectivity index (χ1) is 5.46. The Bertz CT molecular complexity index is 365. The molecule has 1 aromatic carbocycles. The minimum absolute atomic E-state index is 0.123. The Morgan fingerprint density at radius 1 is 1.17 bits per heavy atom. The first kappa shape index (κ1) is 7.47. The molecule has 0 spiro atoms. The van der Waals surface area contributed by atoms with E-state index < -0.39 is 0 Å². The van der Waals surface area contributed by atoms with Crippen LogP contribution in [0.25, 0.3) is 0 Å². The number of benzene rings is 1. The van der Waals surface area contributed by atoms with E-state index in [9.17, 15) is 10.2 Å². The zero-order valence-electron chi connectivity index (χ0n) is 7.47. The maximum Gasteiger partial charge on any atom is 0.123 e. The average molecular weight is 164 g/mol. The maximum absolute atomic E-state index is 9.61. The molecule has 0 saturated carbocycles. The summed E-state index contributed by atoms with van der Waals surface area (Å²) < 4.78 is 0. The molecular formula is C10H12O2. The second-order valence-corrected chi connectivity index (χ2v) is 3.94. The van der Waals surface area contributed by atoms with E-state index in [2.05, 4.69) is 0 Å². The molecule has 0 atom stereocenters. The third-order valence-corrected chi connectivity index (χ3v) is 2.66. The van der Waals surface area contributed by atoms with Gasteiger partial charge in [-0.15, -0.1) is 0 Å². The maximum atomic E-state index is 9.61. The van der Waals surface area contributed by atoms with E-state index in [1.54, 1.807) is 13.0 Å². The van der Waals surface area contributed by atoms with Gasteiger partial charge in [-0.2, -0.15) is 0 Å². The average Bonchev–Trinajstić information content (AvgIpc) is 2.50. The predicted molar refractivity (Wildman–Crippen MR) is 46.6 cm³/mol. The molecule has 2 heteroatoms. The van der Waals surface area contributed by atoms with Crippen molar-refractivity contribution in [1.82, 2.24) is 0 Å². The van der Waals surface area contributed by atoms with E-state index in [1.807, 2.05) is 13.8 Å². The van der Waals surface area contributed by atoms with Crippen LogP contribution < -0.4 is 0 Å². The van der Waals surface area contributed by atoms with E-state index >= 15 is 0 Å². The lowest BCUT2D eigenvalue weighted by Gasteiger charge is -1.96. The van der Waals surface area contributed by atoms with Gasteiger partial charge in [0.05, 0.1) is 0 Å². The topological polar surface area (TPSA) is 40.5 Å². The number of phenols is 2. The Morgan fingerprint density at radius 3 is 2.33 bits per heavy atom. The molecule has 64 valence electrons. The molecule has 0 fully saturated rings. The minimum Gasteiger partial charge on any atom is -0.508 e. The smallest absolute Gasteiger partial charge is 0.123 e. The molecule has 0 unspecified atom stereocenters. The Hall–Kier alpha value is -1.18. The molecule has 0 radical (unpaired) electrons. The van der Waals surface area contributed by atoms with Crippen LogP contribution >= 0.6 is 0 Å². The van der Waals surface area contributed by atoms with Crippen molar-refractivity contribution in [1.29, 1.82) is 0 Å². The molecule has 1 aliphatic rings. The molecular weight excluding hydrogens is 152 g/mol. The minimum atomic E-state index is -0.123. The lowest BCUT2D eigenvalue weighted by Crippen LogP contribution is -1.90. The van der Waals surface area contributed by atoms with Crippen LogP contribution in [0.1, 0.15) is 30.5 Å². The number of aromatic hydroxyl groups is 2. The van der Waals surface area contributed by atoms with Gasteiger partial charge >= 0.3 is 0 Å². The van der Waals surface area contributed by atoms with Crippen molar-refractivity contribution in [2.24, 2.45) is 0 Å². The van der Waals surface area contributed by atoms with Crippen molar-refractivity contribution in [3.05, 3.63) is 22.8 Å². The lowest BCUT2D eigenvalue weighted by atomic mass is 10.1. The van der Waals surface area contributed by atoms with Crippen molar-refractivity contribution in [3.8, 4) is 11.5 Å². The summed E-state index contributed by atoms with van der Waals surface area (Å²) in [5, 5.41) is 19.1. The summed E-state index contributed by atoms with van der Waals surface area (Å²) in [6, 6.07) is 1.61. The number of phenolic OH excluding ortho intramolecular Hbond substituents is 2. The number of fused-ring (bicyclic) bond motifs is 1. The van der Waals surface area contributed by atoms with Gasteiger partial charge in [0.1, 0.15) is 11.5 Å². The fraction of sp³-hybridized carbons (Fsp3) is 0.400. The monoisotopic (exact) mass is 164 g/mol. The van der Waals surface area contributed by atoms with Crippen molar-refractivity contribution in [2.75, 3.05) is 0 Å². The predicted octanol–water partition coefficient (Wildman–Crippen LogP) is 2.05. The van der Waals surface area contributed by atoms with Gasteiger partial charge in [0.2, 0.25) is 0 Å². The second-order valence-electron chi connectivity index (χ2n) is 3.94. The van der Waals surface area contributed by atoms with Gasteiger partial charge in [0.25, 0.3) is 0 Å². The highest BCUT2D eigenvalue weighted by molar-refractivity contribution is 5.71. The molecule has 2 N–H and O–H groups in total. The molecule has 0 bridgehead atoms. The van der Waals surface area contributed by atoms with Crippen molar-refractivity contribution < 1.29 is 10.2 Å². The van der Waals surface area contributed by atoms with Gasteiger partial charge < -0.3 is 10.2 Å². The van der Waals surface area contributed by atoms with Crippen molar-refractivity contribution in [3.63, 3.8) is 0 Å². The standard InChI is InChI=1S/C10H12O2/c1-5-4-6(11)7-8(9(5)12)10(7,2)3/h4,11-12H,1-3H3. The fourth-order valence-corrected chi connectivity index (χ4v) is 1.87. The summed E-state index contributed by atoms with van der Waals surface area (Å²) in [5.74, 6) is 0.651. The lowest BCUT2D eigenvalue weighted by molar-refractivity contribution is 0.459. The summed E-state index contributed by atoms with van der Waals surface area (Å²) in [5.41, 5.74) is 2.42. The van der Waals surface area contributed by atoms with E-state index in [0.717, 1.165) is 16.7 Å². The van der Waals surface area contributed by atoms with E-state index in [-0.39, 0.29) is 5.41 Å². The third-order valence-electron chi connectivity index (χ3n) is 2.66. The van der Waals surface area contributed by atoms with E-state index in [4.69, 9.17) is 0 Å². The number of hydrogen-bond acceptors (Lipinski definition) is 2. The largest absolute Gasteiger partial charge is 0.508 e. The summed E-state index contributed by atoms with van der Waals surface area (Å²) in [4.78, 5) is 0. The first-order valence-electron chi connectivity index (χ1n) is 4.02. The third kappa shape index (κ3) is 0.649. The number of rotatable bonds is 0. The quantitative estimate of drug-likeness (QED) is 0.576. The molecule has 0 aliphatic heterocycles. The zero-order chi connectivity index (χ0) is 9.09. The van der Waals surface area contributed by atoms with E-state index in [0.29, 0.717) is 11.5 Å². The summed E-state index contributed by atoms with van der Waals surface area (Å²) in [6.07, 6.45) is 0. The summed E-state index contributed by atoms with van der Waals surface area (Å²) in [6.45, 7) is 5.79. The van der Waals surface area contributed by atoms with Crippen LogP contribution in [0, 0.1) is 6.92 Å². The van der Waals surface area contributed by atoms with Crippen molar-refractivity contribution in [2.45, 2.75) is 26.2 Å². The van der Waals surface area contributed by atoms with Crippen molar-refractivity contribution >= 4 is 0 Å². The zero-order valence-corrected chi connectivity index (χ0v) is 7.47. The highest BCUT2D eigenvalue weighted by Gasteiger charge is 2.47. The molecule has 2 rings (SSSR count). The first-order valence-corrected chi connectivity index (χ1v) is 4.02. The van der Waals surface area contributed by atoms with Gasteiger partial charge in [0, 0.05) is 16.5 Å². The molecule has 0 saturated heterocycles. The Kier molecular flexibility index (Phi) is 1.10. The Morgan fingerprint density at radius 2 is 1.75 bits per heavy atom. The van der Waals surface area contributed by atoms with Crippen LogP contribution in [0.5, 0.6) is 11.5 Å². The SMILES string of the molecule is Cc1cc(O)c2c(c1O)C2(C)C. The second kappa shape index (κ2) is 1.76.